The molecule has 1 saturated heterocycles. The summed E-state index contributed by atoms with van der Waals surface area (Å²) in [7, 11) is -3.70. The van der Waals surface area contributed by atoms with Crippen molar-refractivity contribution in [3.8, 4) is 0 Å². The number of nitrogens with one attached hydrogen (secondary N) is 1. The highest BCUT2D eigenvalue weighted by atomic mass is 32.2. The zero-order valence-electron chi connectivity index (χ0n) is 10.8. The van der Waals surface area contributed by atoms with Gasteiger partial charge in [0.15, 0.2) is 10.8 Å². The van der Waals surface area contributed by atoms with E-state index in [0.717, 1.165) is 0 Å². The smallest absolute Gasteiger partial charge is 0.260 e. The van der Waals surface area contributed by atoms with Crippen LogP contribution in [0.4, 0.5) is 5.82 Å². The van der Waals surface area contributed by atoms with Crippen LogP contribution in [0.5, 0.6) is 0 Å². The van der Waals surface area contributed by atoms with Crippen molar-refractivity contribution in [1.29, 1.82) is 0 Å². The van der Waals surface area contributed by atoms with E-state index in [1.165, 1.54) is 4.40 Å². The van der Waals surface area contributed by atoms with Gasteiger partial charge in [-0.1, -0.05) is 6.07 Å². The summed E-state index contributed by atoms with van der Waals surface area (Å²) in [5.74, 6) is 0.00996. The maximum Gasteiger partial charge on any atom is 0.260 e. The highest BCUT2D eigenvalue weighted by Gasteiger charge is 2.27. The molecule has 0 aromatic carbocycles. The van der Waals surface area contributed by atoms with Crippen LogP contribution in [0.2, 0.25) is 0 Å². The zero-order chi connectivity index (χ0) is 14.2. The Morgan fingerprint density at radius 2 is 2.10 bits per heavy atom. The van der Waals surface area contributed by atoms with E-state index in [-0.39, 0.29) is 16.9 Å². The number of imidazole rings is 1. The lowest BCUT2D eigenvalue weighted by Crippen LogP contribution is -2.39. The molecule has 1 aliphatic rings. The maximum absolute atomic E-state index is 12.5. The van der Waals surface area contributed by atoms with Gasteiger partial charge >= 0.3 is 0 Å². The Hall–Kier alpha value is -1.64. The number of sulfonamides is 1. The minimum atomic E-state index is -3.70. The van der Waals surface area contributed by atoms with Crippen molar-refractivity contribution >= 4 is 21.5 Å². The third-order valence-corrected chi connectivity index (χ3v) is 4.87. The Morgan fingerprint density at radius 3 is 2.85 bits per heavy atom. The van der Waals surface area contributed by atoms with Crippen LogP contribution in [0.1, 0.15) is 12.8 Å². The number of anilines is 1. The Morgan fingerprint density at radius 1 is 1.35 bits per heavy atom. The van der Waals surface area contributed by atoms with Gasteiger partial charge in [0, 0.05) is 25.5 Å². The van der Waals surface area contributed by atoms with Gasteiger partial charge in [0.05, 0.1) is 0 Å². The second kappa shape index (κ2) is 5.04. The molecule has 0 radical (unpaired) electrons. The molecule has 3 N–H and O–H groups in total. The molecule has 0 aliphatic carbocycles. The summed E-state index contributed by atoms with van der Waals surface area (Å²) >= 11 is 0. The molecule has 108 valence electrons. The topological polar surface area (TPSA) is 98.7 Å². The first-order valence-corrected chi connectivity index (χ1v) is 7.89. The standard InChI is InChI=1S/C12H16N4O3S/c13-11-12(16-6-2-1-3-10(16)14-11)20(17,18)15-9-4-7-19-8-5-9/h1-3,6,9,15H,4-5,7-8,13H2. The van der Waals surface area contributed by atoms with E-state index in [0.29, 0.717) is 31.7 Å². The van der Waals surface area contributed by atoms with Crippen LogP contribution in [-0.2, 0) is 14.8 Å². The van der Waals surface area contributed by atoms with Gasteiger partial charge in [0.25, 0.3) is 10.0 Å². The quantitative estimate of drug-likeness (QED) is 0.853. The van der Waals surface area contributed by atoms with Gasteiger partial charge in [-0.25, -0.2) is 18.1 Å². The summed E-state index contributed by atoms with van der Waals surface area (Å²) in [5, 5.41) is -0.000378. The number of aromatic nitrogens is 2. The normalized spacial score (nSPS) is 17.6. The molecule has 3 rings (SSSR count). The van der Waals surface area contributed by atoms with Crippen LogP contribution < -0.4 is 10.5 Å². The van der Waals surface area contributed by atoms with Gasteiger partial charge in [0.2, 0.25) is 0 Å². The minimum absolute atomic E-state index is 0.000378. The van der Waals surface area contributed by atoms with Crippen LogP contribution in [-0.4, -0.2) is 37.1 Å². The van der Waals surface area contributed by atoms with Gasteiger partial charge in [0.1, 0.15) is 5.65 Å². The van der Waals surface area contributed by atoms with Gasteiger partial charge in [-0.15, -0.1) is 0 Å². The molecule has 7 nitrogen and oxygen atoms in total. The molecule has 0 spiro atoms. The third-order valence-electron chi connectivity index (χ3n) is 3.31. The van der Waals surface area contributed by atoms with Crippen LogP contribution in [0.3, 0.4) is 0 Å². The molecule has 0 saturated carbocycles. The van der Waals surface area contributed by atoms with Gasteiger partial charge in [-0.3, -0.25) is 4.40 Å². The van der Waals surface area contributed by atoms with Crippen molar-refractivity contribution in [3.63, 3.8) is 0 Å². The average molecular weight is 296 g/mol. The summed E-state index contributed by atoms with van der Waals surface area (Å²) < 4.78 is 34.4. The Labute approximate surface area is 116 Å². The molecule has 0 amide bonds. The summed E-state index contributed by atoms with van der Waals surface area (Å²) in [4.78, 5) is 4.07. The second-order valence-corrected chi connectivity index (χ2v) is 6.37. The molecule has 8 heteroatoms. The summed E-state index contributed by atoms with van der Waals surface area (Å²) in [6.45, 7) is 1.13. The molecule has 0 bridgehead atoms. The van der Waals surface area contributed by atoms with Crippen molar-refractivity contribution in [2.24, 2.45) is 0 Å². The fraction of sp³-hybridized carbons (Fsp3) is 0.417. The Balaban J connectivity index is 1.98. The number of hydrogen-bond acceptors (Lipinski definition) is 5. The molecular weight excluding hydrogens is 280 g/mol. The lowest BCUT2D eigenvalue weighted by Gasteiger charge is -2.22. The maximum atomic E-state index is 12.5. The van der Waals surface area contributed by atoms with E-state index in [4.69, 9.17) is 10.5 Å². The third kappa shape index (κ3) is 2.37. The second-order valence-electron chi connectivity index (χ2n) is 4.74. The largest absolute Gasteiger partial charge is 0.381 e. The Bertz CT molecular complexity index is 719. The van der Waals surface area contributed by atoms with Crippen LogP contribution >= 0.6 is 0 Å². The zero-order valence-corrected chi connectivity index (χ0v) is 11.6. The van der Waals surface area contributed by atoms with Crippen molar-refractivity contribution in [2.45, 2.75) is 23.9 Å². The van der Waals surface area contributed by atoms with Gasteiger partial charge in [-0.05, 0) is 25.0 Å². The minimum Gasteiger partial charge on any atom is -0.381 e. The first kappa shape index (κ1) is 13.3. The first-order valence-electron chi connectivity index (χ1n) is 6.40. The summed E-state index contributed by atoms with van der Waals surface area (Å²) in [6.07, 6.45) is 2.96. The van der Waals surface area contributed by atoms with E-state index in [1.54, 1.807) is 24.4 Å². The molecular formula is C12H16N4O3S. The molecule has 3 heterocycles. The molecule has 1 fully saturated rings. The van der Waals surface area contributed by atoms with Crippen molar-refractivity contribution in [2.75, 3.05) is 18.9 Å². The van der Waals surface area contributed by atoms with E-state index >= 15 is 0 Å². The number of ether oxygens (including phenoxy) is 1. The number of rotatable bonds is 3. The fourth-order valence-electron chi connectivity index (χ4n) is 2.35. The van der Waals surface area contributed by atoms with E-state index in [9.17, 15) is 8.42 Å². The lowest BCUT2D eigenvalue weighted by molar-refractivity contribution is 0.0832. The Kier molecular flexibility index (Phi) is 3.36. The SMILES string of the molecule is Nc1nc2ccccn2c1S(=O)(=O)NC1CCOCC1. The van der Waals surface area contributed by atoms with Crippen molar-refractivity contribution in [3.05, 3.63) is 24.4 Å². The molecule has 2 aromatic rings. The van der Waals surface area contributed by atoms with Crippen LogP contribution in [0, 0.1) is 0 Å². The lowest BCUT2D eigenvalue weighted by atomic mass is 10.1. The average Bonchev–Trinajstić information content (AvgIpc) is 2.75. The van der Waals surface area contributed by atoms with Crippen LogP contribution in [0.15, 0.2) is 29.4 Å². The van der Waals surface area contributed by atoms with E-state index in [2.05, 4.69) is 9.71 Å². The number of nitrogens with two attached hydrogens (primary N) is 1. The number of hydrogen-bond donors (Lipinski definition) is 2. The van der Waals surface area contributed by atoms with E-state index in [1.807, 2.05) is 0 Å². The number of pyridine rings is 1. The molecule has 0 unspecified atom stereocenters. The highest BCUT2D eigenvalue weighted by molar-refractivity contribution is 7.89. The molecule has 2 aromatic heterocycles. The first-order chi connectivity index (χ1) is 9.58. The highest BCUT2D eigenvalue weighted by Crippen LogP contribution is 2.21. The number of nitrogens with zero attached hydrogens (tertiary/aromatic N) is 2. The predicted molar refractivity (Wildman–Crippen MR) is 73.8 cm³/mol. The number of nitrogen functional groups attached to an aromatic ring is 1. The molecule has 1 aliphatic heterocycles. The summed E-state index contributed by atoms with van der Waals surface area (Å²) in [5.41, 5.74) is 6.28. The van der Waals surface area contributed by atoms with Crippen LogP contribution in [0.25, 0.3) is 5.65 Å². The van der Waals surface area contributed by atoms with Crippen molar-refractivity contribution in [1.82, 2.24) is 14.1 Å². The number of fused-ring (bicyclic) bond motifs is 1. The predicted octanol–water partition coefficient (Wildman–Crippen LogP) is 0.374. The molecule has 0 atom stereocenters. The summed E-state index contributed by atoms with van der Waals surface area (Å²) in [6, 6.07) is 5.11. The fourth-order valence-corrected chi connectivity index (χ4v) is 3.87. The molecule has 20 heavy (non-hydrogen) atoms. The van der Waals surface area contributed by atoms with Gasteiger partial charge < -0.3 is 10.5 Å². The van der Waals surface area contributed by atoms with Gasteiger partial charge in [-0.2, -0.15) is 0 Å². The van der Waals surface area contributed by atoms with E-state index < -0.39 is 10.0 Å². The monoisotopic (exact) mass is 296 g/mol. The van der Waals surface area contributed by atoms with Crippen molar-refractivity contribution < 1.29 is 13.2 Å².